The molecule has 0 bridgehead atoms. The lowest BCUT2D eigenvalue weighted by Crippen LogP contribution is -2.27. The zero-order chi connectivity index (χ0) is 17.5. The van der Waals surface area contributed by atoms with Gasteiger partial charge in [0.1, 0.15) is 0 Å². The van der Waals surface area contributed by atoms with Gasteiger partial charge in [0.05, 0.1) is 7.11 Å². The molecule has 126 valence electrons. The van der Waals surface area contributed by atoms with E-state index >= 15 is 0 Å². The number of methoxy groups -OCH3 is 1. The molecular weight excluding hydrogens is 308 g/mol. The molecule has 0 aliphatic heterocycles. The van der Waals surface area contributed by atoms with Crippen molar-refractivity contribution >= 4 is 11.8 Å². The number of carbonyl (C=O) groups is 2. The van der Waals surface area contributed by atoms with Crippen LogP contribution < -0.4 is 9.47 Å². The van der Waals surface area contributed by atoms with E-state index in [0.29, 0.717) is 17.1 Å². The van der Waals surface area contributed by atoms with E-state index in [0.717, 1.165) is 5.56 Å². The summed E-state index contributed by atoms with van der Waals surface area (Å²) in [6.45, 7) is 3.17. The summed E-state index contributed by atoms with van der Waals surface area (Å²) in [5.41, 5.74) is 1.52. The fourth-order valence-corrected chi connectivity index (χ4v) is 2.15. The number of hydrogen-bond acceptors (Lipinski definition) is 5. The molecule has 0 heterocycles. The Morgan fingerprint density at radius 1 is 1.04 bits per heavy atom. The third-order valence-electron chi connectivity index (χ3n) is 3.40. The van der Waals surface area contributed by atoms with Crippen LogP contribution in [-0.2, 0) is 9.53 Å². The van der Waals surface area contributed by atoms with Crippen LogP contribution in [0.2, 0.25) is 0 Å². The maximum absolute atomic E-state index is 12.2. The second-order valence-electron chi connectivity index (χ2n) is 5.31. The molecule has 0 amide bonds. The zero-order valence-electron chi connectivity index (χ0n) is 13.9. The predicted molar refractivity (Wildman–Crippen MR) is 89.6 cm³/mol. The number of carbonyl (C=O) groups excluding carboxylic acids is 2. The average molecular weight is 328 g/mol. The van der Waals surface area contributed by atoms with Gasteiger partial charge in [0.2, 0.25) is 5.78 Å². The molecule has 0 aliphatic rings. The first-order valence-corrected chi connectivity index (χ1v) is 7.57. The third kappa shape index (κ3) is 4.59. The van der Waals surface area contributed by atoms with Crippen molar-refractivity contribution in [1.82, 2.24) is 0 Å². The fraction of sp³-hybridized carbons (Fsp3) is 0.263. The van der Waals surface area contributed by atoms with Crippen LogP contribution in [0.4, 0.5) is 0 Å². The van der Waals surface area contributed by atoms with Gasteiger partial charge in [-0.05, 0) is 31.5 Å². The minimum Gasteiger partial charge on any atom is -0.493 e. The molecule has 0 spiro atoms. The number of esters is 1. The summed E-state index contributed by atoms with van der Waals surface area (Å²) in [5.74, 6) is 0.115. The summed E-state index contributed by atoms with van der Waals surface area (Å²) in [5, 5.41) is 0. The van der Waals surface area contributed by atoms with Gasteiger partial charge in [0.15, 0.2) is 24.2 Å². The Labute approximate surface area is 141 Å². The summed E-state index contributed by atoms with van der Waals surface area (Å²) in [6, 6.07) is 14.1. The zero-order valence-corrected chi connectivity index (χ0v) is 13.9. The van der Waals surface area contributed by atoms with E-state index in [2.05, 4.69) is 0 Å². The van der Waals surface area contributed by atoms with Gasteiger partial charge < -0.3 is 14.2 Å². The molecular formula is C19H20O5. The van der Waals surface area contributed by atoms with Crippen LogP contribution in [0.5, 0.6) is 11.5 Å². The highest BCUT2D eigenvalue weighted by molar-refractivity contribution is 6.00. The van der Waals surface area contributed by atoms with Crippen molar-refractivity contribution in [2.45, 2.75) is 20.0 Å². The Hall–Kier alpha value is -2.82. The first-order chi connectivity index (χ1) is 11.5. The number of rotatable bonds is 7. The molecule has 5 nitrogen and oxygen atoms in total. The van der Waals surface area contributed by atoms with Gasteiger partial charge in [-0.2, -0.15) is 0 Å². The second kappa shape index (κ2) is 8.15. The number of benzene rings is 2. The minimum absolute atomic E-state index is 0.253. The van der Waals surface area contributed by atoms with Gasteiger partial charge in [-0.3, -0.25) is 4.79 Å². The maximum Gasteiger partial charge on any atom is 0.344 e. The number of ether oxygens (including phenoxy) is 3. The minimum atomic E-state index is -0.872. The van der Waals surface area contributed by atoms with Crippen LogP contribution in [0.3, 0.4) is 0 Å². The van der Waals surface area contributed by atoms with Crippen LogP contribution in [0.15, 0.2) is 48.5 Å². The van der Waals surface area contributed by atoms with E-state index < -0.39 is 12.1 Å². The molecule has 2 aromatic carbocycles. The van der Waals surface area contributed by atoms with E-state index in [4.69, 9.17) is 14.2 Å². The lowest BCUT2D eigenvalue weighted by molar-refractivity contribution is -0.148. The Morgan fingerprint density at radius 3 is 2.42 bits per heavy atom. The highest BCUT2D eigenvalue weighted by Crippen LogP contribution is 2.27. The Balaban J connectivity index is 1.90. The molecule has 0 radical (unpaired) electrons. The van der Waals surface area contributed by atoms with E-state index in [1.54, 1.807) is 37.3 Å². The number of Topliss-reactive ketones (excluding diaryl/α,β-unsaturated/α-hetero) is 1. The molecule has 2 rings (SSSR count). The summed E-state index contributed by atoms with van der Waals surface area (Å²) in [6.07, 6.45) is -0.872. The van der Waals surface area contributed by atoms with Crippen LogP contribution in [0, 0.1) is 6.92 Å². The molecule has 1 atom stereocenters. The highest BCUT2D eigenvalue weighted by Gasteiger charge is 2.19. The molecule has 0 saturated heterocycles. The standard InChI is InChI=1S/C19H20O5/c1-13-9-10-16(17(11-13)22-3)23-12-18(20)24-14(2)19(21)15-7-5-4-6-8-15/h4-11,14H,12H2,1-3H3. The molecule has 0 fully saturated rings. The van der Waals surface area contributed by atoms with Crippen molar-refractivity contribution in [2.24, 2.45) is 0 Å². The lowest BCUT2D eigenvalue weighted by atomic mass is 10.1. The highest BCUT2D eigenvalue weighted by atomic mass is 16.6. The van der Waals surface area contributed by atoms with Crippen molar-refractivity contribution in [2.75, 3.05) is 13.7 Å². The number of aryl methyl sites for hydroxylation is 1. The Morgan fingerprint density at radius 2 is 1.75 bits per heavy atom. The van der Waals surface area contributed by atoms with Crippen LogP contribution in [0.1, 0.15) is 22.8 Å². The maximum atomic E-state index is 12.2. The van der Waals surface area contributed by atoms with Crippen LogP contribution in [-0.4, -0.2) is 31.6 Å². The third-order valence-corrected chi connectivity index (χ3v) is 3.40. The van der Waals surface area contributed by atoms with Crippen LogP contribution >= 0.6 is 0 Å². The van der Waals surface area contributed by atoms with E-state index in [1.807, 2.05) is 25.1 Å². The molecule has 2 aromatic rings. The fourth-order valence-electron chi connectivity index (χ4n) is 2.15. The summed E-state index contributed by atoms with van der Waals surface area (Å²) < 4.78 is 15.8. The van der Waals surface area contributed by atoms with E-state index in [9.17, 15) is 9.59 Å². The normalized spacial score (nSPS) is 11.5. The van der Waals surface area contributed by atoms with Gasteiger partial charge >= 0.3 is 5.97 Å². The summed E-state index contributed by atoms with van der Waals surface area (Å²) >= 11 is 0. The molecule has 0 saturated carbocycles. The Kier molecular flexibility index (Phi) is 5.95. The van der Waals surface area contributed by atoms with Gasteiger partial charge in [0.25, 0.3) is 0 Å². The first-order valence-electron chi connectivity index (χ1n) is 7.57. The quantitative estimate of drug-likeness (QED) is 0.577. The molecule has 5 heteroatoms. The molecule has 0 N–H and O–H groups in total. The predicted octanol–water partition coefficient (Wildman–Crippen LogP) is 3.20. The number of ketones is 1. The average Bonchev–Trinajstić information content (AvgIpc) is 2.60. The SMILES string of the molecule is COc1cc(C)ccc1OCC(=O)OC(C)C(=O)c1ccccc1. The monoisotopic (exact) mass is 328 g/mol. The van der Waals surface area contributed by atoms with Crippen molar-refractivity contribution < 1.29 is 23.8 Å². The molecule has 0 aromatic heterocycles. The van der Waals surface area contributed by atoms with Crippen molar-refractivity contribution in [3.8, 4) is 11.5 Å². The van der Waals surface area contributed by atoms with Crippen molar-refractivity contribution in [3.63, 3.8) is 0 Å². The van der Waals surface area contributed by atoms with E-state index in [1.165, 1.54) is 7.11 Å². The van der Waals surface area contributed by atoms with Gasteiger partial charge in [-0.15, -0.1) is 0 Å². The topological polar surface area (TPSA) is 61.8 Å². The van der Waals surface area contributed by atoms with Gasteiger partial charge in [0, 0.05) is 5.56 Å². The van der Waals surface area contributed by atoms with E-state index in [-0.39, 0.29) is 12.4 Å². The smallest absolute Gasteiger partial charge is 0.344 e. The lowest BCUT2D eigenvalue weighted by Gasteiger charge is -2.14. The Bertz CT molecular complexity index is 709. The van der Waals surface area contributed by atoms with Crippen molar-refractivity contribution in [1.29, 1.82) is 0 Å². The second-order valence-corrected chi connectivity index (χ2v) is 5.31. The van der Waals surface area contributed by atoms with Crippen molar-refractivity contribution in [3.05, 3.63) is 59.7 Å². The molecule has 24 heavy (non-hydrogen) atoms. The summed E-state index contributed by atoms with van der Waals surface area (Å²) in [4.78, 5) is 24.0. The summed E-state index contributed by atoms with van der Waals surface area (Å²) in [7, 11) is 1.53. The van der Waals surface area contributed by atoms with Crippen LogP contribution in [0.25, 0.3) is 0 Å². The van der Waals surface area contributed by atoms with Gasteiger partial charge in [-0.1, -0.05) is 36.4 Å². The number of hydrogen-bond donors (Lipinski definition) is 0. The first kappa shape index (κ1) is 17.5. The van der Waals surface area contributed by atoms with Gasteiger partial charge in [-0.25, -0.2) is 4.79 Å². The molecule has 0 aliphatic carbocycles. The largest absolute Gasteiger partial charge is 0.493 e. The molecule has 1 unspecified atom stereocenters.